The Labute approximate surface area is 129 Å². The Morgan fingerprint density at radius 3 is 2.65 bits per heavy atom. The average Bonchev–Trinajstić information content (AvgIpc) is 2.39. The van der Waals surface area contributed by atoms with Crippen LogP contribution in [0.15, 0.2) is 46.9 Å². The van der Waals surface area contributed by atoms with Crippen molar-refractivity contribution in [2.45, 2.75) is 12.3 Å². The van der Waals surface area contributed by atoms with E-state index in [0.29, 0.717) is 15.1 Å². The number of carboxylic acids is 1. The normalized spacial score (nSPS) is 12.2. The molecule has 0 heterocycles. The second-order valence-electron chi connectivity index (χ2n) is 4.40. The van der Waals surface area contributed by atoms with Crippen molar-refractivity contribution in [1.82, 2.24) is 0 Å². The number of rotatable bonds is 4. The van der Waals surface area contributed by atoms with E-state index in [0.717, 1.165) is 5.56 Å². The van der Waals surface area contributed by atoms with Crippen molar-refractivity contribution in [3.05, 3.63) is 68.9 Å². The van der Waals surface area contributed by atoms with E-state index in [1.54, 1.807) is 36.4 Å². The Morgan fingerprint density at radius 1 is 1.30 bits per heavy atom. The minimum absolute atomic E-state index is 0.272. The zero-order valence-corrected chi connectivity index (χ0v) is 12.7. The largest absolute Gasteiger partial charge is 0.481 e. The molecule has 0 amide bonds. The van der Waals surface area contributed by atoms with E-state index in [2.05, 4.69) is 15.9 Å². The lowest BCUT2D eigenvalue weighted by Gasteiger charge is -2.13. The summed E-state index contributed by atoms with van der Waals surface area (Å²) in [6, 6.07) is 11.3. The van der Waals surface area contributed by atoms with Crippen LogP contribution in [-0.2, 0) is 11.2 Å². The van der Waals surface area contributed by atoms with Crippen LogP contribution >= 0.6 is 27.5 Å². The number of aliphatic carboxylic acids is 1. The SMILES string of the molecule is O=C(O)C(Cc1ccc(F)c(Br)c1)c1cccc(Cl)c1. The number of benzene rings is 2. The lowest BCUT2D eigenvalue weighted by Crippen LogP contribution is -2.14. The van der Waals surface area contributed by atoms with Crippen LogP contribution in [0.25, 0.3) is 0 Å². The number of hydrogen-bond donors (Lipinski definition) is 1. The Bertz CT molecular complexity index is 646. The van der Waals surface area contributed by atoms with Gasteiger partial charge in [0, 0.05) is 5.02 Å². The first kappa shape index (κ1) is 15.0. The van der Waals surface area contributed by atoms with Crippen LogP contribution in [0.3, 0.4) is 0 Å². The second kappa shape index (κ2) is 6.37. The van der Waals surface area contributed by atoms with Gasteiger partial charge in [-0.3, -0.25) is 4.79 Å². The molecule has 0 fully saturated rings. The van der Waals surface area contributed by atoms with Crippen LogP contribution in [0, 0.1) is 5.82 Å². The van der Waals surface area contributed by atoms with E-state index in [9.17, 15) is 14.3 Å². The summed E-state index contributed by atoms with van der Waals surface area (Å²) in [5.74, 6) is -2.03. The summed E-state index contributed by atoms with van der Waals surface area (Å²) in [6.07, 6.45) is 0.272. The number of carboxylic acid groups (broad SMARTS) is 1. The molecular formula is C15H11BrClFO2. The van der Waals surface area contributed by atoms with Gasteiger partial charge < -0.3 is 5.11 Å². The zero-order valence-electron chi connectivity index (χ0n) is 10.3. The third-order valence-electron chi connectivity index (χ3n) is 2.97. The summed E-state index contributed by atoms with van der Waals surface area (Å²) < 4.78 is 13.5. The molecule has 20 heavy (non-hydrogen) atoms. The van der Waals surface area contributed by atoms with Gasteiger partial charge in [-0.1, -0.05) is 29.8 Å². The lowest BCUT2D eigenvalue weighted by molar-refractivity contribution is -0.138. The van der Waals surface area contributed by atoms with E-state index in [-0.39, 0.29) is 12.2 Å². The van der Waals surface area contributed by atoms with Crippen LogP contribution < -0.4 is 0 Å². The topological polar surface area (TPSA) is 37.3 Å². The summed E-state index contributed by atoms with van der Waals surface area (Å²) in [5, 5.41) is 9.87. The molecule has 2 rings (SSSR count). The van der Waals surface area contributed by atoms with Crippen molar-refractivity contribution >= 4 is 33.5 Å². The molecule has 2 aromatic carbocycles. The van der Waals surface area contributed by atoms with E-state index in [1.807, 2.05) is 0 Å². The molecule has 2 aromatic rings. The molecule has 5 heteroatoms. The fraction of sp³-hybridized carbons (Fsp3) is 0.133. The van der Waals surface area contributed by atoms with Crippen molar-refractivity contribution in [2.75, 3.05) is 0 Å². The standard InChI is InChI=1S/C15H11BrClFO2/c16-13-7-9(4-5-14(13)18)6-12(15(19)20)10-2-1-3-11(17)8-10/h1-5,7-8,12H,6H2,(H,19,20). The molecule has 1 atom stereocenters. The fourth-order valence-corrected chi connectivity index (χ4v) is 2.60. The molecule has 0 aromatic heterocycles. The Balaban J connectivity index is 2.30. The van der Waals surface area contributed by atoms with Crippen LogP contribution in [0.5, 0.6) is 0 Å². The van der Waals surface area contributed by atoms with Crippen LogP contribution in [-0.4, -0.2) is 11.1 Å². The maximum absolute atomic E-state index is 13.2. The summed E-state index contributed by atoms with van der Waals surface area (Å²) >= 11 is 8.99. The molecule has 0 aliphatic rings. The first-order chi connectivity index (χ1) is 9.47. The van der Waals surface area contributed by atoms with Gasteiger partial charge in [0.25, 0.3) is 0 Å². The monoisotopic (exact) mass is 356 g/mol. The third kappa shape index (κ3) is 3.58. The van der Waals surface area contributed by atoms with Gasteiger partial charge in [-0.15, -0.1) is 0 Å². The number of carbonyl (C=O) groups is 1. The summed E-state index contributed by atoms with van der Waals surface area (Å²) in [5.41, 5.74) is 1.37. The minimum atomic E-state index is -0.937. The molecule has 0 saturated heterocycles. The summed E-state index contributed by atoms with van der Waals surface area (Å²) in [6.45, 7) is 0. The molecule has 0 aliphatic carbocycles. The quantitative estimate of drug-likeness (QED) is 0.864. The molecule has 1 N–H and O–H groups in total. The van der Waals surface area contributed by atoms with E-state index in [4.69, 9.17) is 11.6 Å². The molecule has 1 unspecified atom stereocenters. The van der Waals surface area contributed by atoms with Gasteiger partial charge in [0.1, 0.15) is 5.82 Å². The van der Waals surface area contributed by atoms with Crippen LogP contribution in [0.2, 0.25) is 5.02 Å². The van der Waals surface area contributed by atoms with Crippen molar-refractivity contribution in [1.29, 1.82) is 0 Å². The number of halogens is 3. The van der Waals surface area contributed by atoms with E-state index in [1.165, 1.54) is 6.07 Å². The molecule has 2 nitrogen and oxygen atoms in total. The van der Waals surface area contributed by atoms with E-state index >= 15 is 0 Å². The zero-order chi connectivity index (χ0) is 14.7. The summed E-state index contributed by atoms with van der Waals surface area (Å²) in [7, 11) is 0. The first-order valence-corrected chi connectivity index (χ1v) is 7.06. The van der Waals surface area contributed by atoms with Crippen LogP contribution in [0.1, 0.15) is 17.0 Å². The highest BCUT2D eigenvalue weighted by atomic mass is 79.9. The van der Waals surface area contributed by atoms with Gasteiger partial charge in [0.2, 0.25) is 0 Å². The van der Waals surface area contributed by atoms with Gasteiger partial charge in [-0.2, -0.15) is 0 Å². The van der Waals surface area contributed by atoms with Crippen molar-refractivity contribution < 1.29 is 14.3 Å². The van der Waals surface area contributed by atoms with Crippen molar-refractivity contribution in [3.63, 3.8) is 0 Å². The Morgan fingerprint density at radius 2 is 2.05 bits per heavy atom. The van der Waals surface area contributed by atoms with Gasteiger partial charge in [-0.05, 0) is 57.7 Å². The average molecular weight is 358 g/mol. The smallest absolute Gasteiger partial charge is 0.311 e. The lowest BCUT2D eigenvalue weighted by atomic mass is 9.92. The predicted molar refractivity (Wildman–Crippen MR) is 79.6 cm³/mol. The van der Waals surface area contributed by atoms with Gasteiger partial charge >= 0.3 is 5.97 Å². The molecule has 0 radical (unpaired) electrons. The van der Waals surface area contributed by atoms with Crippen molar-refractivity contribution in [3.8, 4) is 0 Å². The van der Waals surface area contributed by atoms with Crippen LogP contribution in [0.4, 0.5) is 4.39 Å². The predicted octanol–water partition coefficient (Wildman–Crippen LogP) is 4.65. The molecule has 0 bridgehead atoms. The molecule has 0 spiro atoms. The third-order valence-corrected chi connectivity index (χ3v) is 3.82. The number of hydrogen-bond acceptors (Lipinski definition) is 1. The summed E-state index contributed by atoms with van der Waals surface area (Å²) in [4.78, 5) is 11.4. The Hall–Kier alpha value is -1.39. The molecule has 104 valence electrons. The fourth-order valence-electron chi connectivity index (χ4n) is 1.97. The second-order valence-corrected chi connectivity index (χ2v) is 5.69. The highest BCUT2D eigenvalue weighted by Crippen LogP contribution is 2.26. The maximum Gasteiger partial charge on any atom is 0.311 e. The maximum atomic E-state index is 13.2. The van der Waals surface area contributed by atoms with Crippen molar-refractivity contribution in [2.24, 2.45) is 0 Å². The molecule has 0 aliphatic heterocycles. The highest BCUT2D eigenvalue weighted by Gasteiger charge is 2.21. The van der Waals surface area contributed by atoms with Gasteiger partial charge in [0.15, 0.2) is 0 Å². The molecule has 0 saturated carbocycles. The highest BCUT2D eigenvalue weighted by molar-refractivity contribution is 9.10. The van der Waals surface area contributed by atoms with Gasteiger partial charge in [-0.25, -0.2) is 4.39 Å². The Kier molecular flexibility index (Phi) is 4.78. The van der Waals surface area contributed by atoms with Gasteiger partial charge in [0.05, 0.1) is 10.4 Å². The molecular weight excluding hydrogens is 347 g/mol. The van der Waals surface area contributed by atoms with E-state index < -0.39 is 11.9 Å². The minimum Gasteiger partial charge on any atom is -0.481 e. The first-order valence-electron chi connectivity index (χ1n) is 5.89.